The first kappa shape index (κ1) is 15.7. The van der Waals surface area contributed by atoms with Gasteiger partial charge in [0.25, 0.3) is 0 Å². The molecule has 2 atom stereocenters. The number of hydrogen-bond acceptors (Lipinski definition) is 2. The van der Waals surface area contributed by atoms with E-state index in [0.29, 0.717) is 5.56 Å². The fourth-order valence-corrected chi connectivity index (χ4v) is 1.69. The highest BCUT2D eigenvalue weighted by atomic mass is 19.1. The van der Waals surface area contributed by atoms with Gasteiger partial charge in [0.1, 0.15) is 11.9 Å². The molecule has 0 saturated carbocycles. The van der Waals surface area contributed by atoms with Gasteiger partial charge in [0.15, 0.2) is 0 Å². The third-order valence-corrected chi connectivity index (χ3v) is 2.73. The molecule has 0 saturated heterocycles. The Balaban J connectivity index is 2.64. The van der Waals surface area contributed by atoms with Gasteiger partial charge in [0, 0.05) is 5.56 Å². The maximum Gasteiger partial charge on any atom is 0.326 e. The Morgan fingerprint density at radius 3 is 2.60 bits per heavy atom. The number of carbonyl (C=O) groups is 2. The summed E-state index contributed by atoms with van der Waals surface area (Å²) in [6.45, 7) is 5.04. The van der Waals surface area contributed by atoms with E-state index in [4.69, 9.17) is 5.11 Å². The van der Waals surface area contributed by atoms with E-state index in [2.05, 4.69) is 17.2 Å². The van der Waals surface area contributed by atoms with Gasteiger partial charge in [0.2, 0.25) is 0 Å². The van der Waals surface area contributed by atoms with Gasteiger partial charge in [0.05, 0.1) is 6.04 Å². The van der Waals surface area contributed by atoms with Crippen LogP contribution in [0.5, 0.6) is 0 Å². The van der Waals surface area contributed by atoms with E-state index < -0.39 is 29.9 Å². The molecule has 0 aliphatic carbocycles. The second kappa shape index (κ2) is 7.28. The lowest BCUT2D eigenvalue weighted by molar-refractivity contribution is -0.139. The quantitative estimate of drug-likeness (QED) is 0.699. The smallest absolute Gasteiger partial charge is 0.326 e. The summed E-state index contributed by atoms with van der Waals surface area (Å²) in [6.07, 6.45) is 1.51. The van der Waals surface area contributed by atoms with Gasteiger partial charge < -0.3 is 15.7 Å². The molecule has 108 valence electrons. The van der Waals surface area contributed by atoms with Gasteiger partial charge in [-0.15, -0.1) is 6.58 Å². The molecule has 1 aromatic carbocycles. The highest BCUT2D eigenvalue weighted by Crippen LogP contribution is 2.15. The number of carbonyl (C=O) groups excluding carboxylic acids is 1. The minimum absolute atomic E-state index is 0.108. The standard InChI is InChI=1S/C14H17FN2O3/c1-3-6-12(13(18)19)17-14(20)16-9(2)10-7-4-5-8-11(10)15/h3-5,7-9,12H,1,6H2,2H3,(H,18,19)(H2,16,17,20). The van der Waals surface area contributed by atoms with Gasteiger partial charge in [-0.2, -0.15) is 0 Å². The molecule has 0 heterocycles. The van der Waals surface area contributed by atoms with Crippen molar-refractivity contribution in [3.8, 4) is 0 Å². The highest BCUT2D eigenvalue weighted by Gasteiger charge is 2.20. The Labute approximate surface area is 116 Å². The summed E-state index contributed by atoms with van der Waals surface area (Å²) < 4.78 is 13.5. The molecule has 0 fully saturated rings. The number of amides is 2. The molecule has 3 N–H and O–H groups in total. The summed E-state index contributed by atoms with van der Waals surface area (Å²) in [5.41, 5.74) is 0.332. The number of rotatable bonds is 6. The van der Waals surface area contributed by atoms with E-state index in [-0.39, 0.29) is 6.42 Å². The van der Waals surface area contributed by atoms with Crippen LogP contribution in [0.1, 0.15) is 24.9 Å². The SMILES string of the molecule is C=CCC(NC(=O)NC(C)c1ccccc1F)C(=O)O. The van der Waals surface area contributed by atoms with E-state index in [1.165, 1.54) is 12.1 Å². The number of carboxylic acid groups (broad SMARTS) is 1. The first-order valence-corrected chi connectivity index (χ1v) is 6.10. The van der Waals surface area contributed by atoms with Crippen molar-refractivity contribution in [1.29, 1.82) is 0 Å². The third kappa shape index (κ3) is 4.38. The van der Waals surface area contributed by atoms with E-state index in [1.807, 2.05) is 0 Å². The summed E-state index contributed by atoms with van der Waals surface area (Å²) in [6, 6.07) is 3.76. The van der Waals surface area contributed by atoms with Crippen molar-refractivity contribution >= 4 is 12.0 Å². The molecule has 2 amide bonds. The van der Waals surface area contributed by atoms with E-state index in [1.54, 1.807) is 25.1 Å². The molecule has 1 rings (SSSR count). The van der Waals surface area contributed by atoms with E-state index >= 15 is 0 Å². The molecule has 20 heavy (non-hydrogen) atoms. The highest BCUT2D eigenvalue weighted by molar-refractivity contribution is 5.82. The van der Waals surface area contributed by atoms with Crippen molar-refractivity contribution < 1.29 is 19.1 Å². The summed E-state index contributed by atoms with van der Waals surface area (Å²) in [4.78, 5) is 22.6. The summed E-state index contributed by atoms with van der Waals surface area (Å²) in [5.74, 6) is -1.58. The van der Waals surface area contributed by atoms with E-state index in [9.17, 15) is 14.0 Å². The second-order valence-electron chi connectivity index (χ2n) is 4.28. The average Bonchev–Trinajstić information content (AvgIpc) is 2.38. The third-order valence-electron chi connectivity index (χ3n) is 2.73. The zero-order valence-electron chi connectivity index (χ0n) is 11.1. The van der Waals surface area contributed by atoms with Crippen LogP contribution < -0.4 is 10.6 Å². The Hall–Kier alpha value is -2.37. The number of hydrogen-bond donors (Lipinski definition) is 3. The normalized spacial score (nSPS) is 13.1. The first-order valence-electron chi connectivity index (χ1n) is 6.10. The minimum Gasteiger partial charge on any atom is -0.480 e. The van der Waals surface area contributed by atoms with Gasteiger partial charge in [-0.1, -0.05) is 24.3 Å². The lowest BCUT2D eigenvalue weighted by atomic mass is 10.1. The molecule has 0 aliphatic rings. The summed E-state index contributed by atoms with van der Waals surface area (Å²) >= 11 is 0. The Morgan fingerprint density at radius 2 is 2.05 bits per heavy atom. The van der Waals surface area contributed by atoms with Crippen LogP contribution in [0.15, 0.2) is 36.9 Å². The van der Waals surface area contributed by atoms with Gasteiger partial charge >= 0.3 is 12.0 Å². The molecule has 5 nitrogen and oxygen atoms in total. The molecule has 0 aromatic heterocycles. The second-order valence-corrected chi connectivity index (χ2v) is 4.28. The zero-order valence-corrected chi connectivity index (χ0v) is 11.1. The Morgan fingerprint density at radius 1 is 1.40 bits per heavy atom. The molecule has 0 radical (unpaired) electrons. The molecule has 0 aliphatic heterocycles. The monoisotopic (exact) mass is 280 g/mol. The topological polar surface area (TPSA) is 78.4 Å². The largest absolute Gasteiger partial charge is 0.480 e. The maximum atomic E-state index is 13.5. The van der Waals surface area contributed by atoms with Crippen molar-refractivity contribution in [3.05, 3.63) is 48.3 Å². The summed E-state index contributed by atoms with van der Waals surface area (Å²) in [5, 5.41) is 13.7. The molecule has 6 heteroatoms. The maximum absolute atomic E-state index is 13.5. The Bertz CT molecular complexity index is 505. The number of nitrogens with one attached hydrogen (secondary N) is 2. The molecular weight excluding hydrogens is 263 g/mol. The minimum atomic E-state index is -1.15. The number of halogens is 1. The number of urea groups is 1. The molecular formula is C14H17FN2O3. The van der Waals surface area contributed by atoms with Crippen LogP contribution >= 0.6 is 0 Å². The average molecular weight is 280 g/mol. The number of benzene rings is 1. The lowest BCUT2D eigenvalue weighted by Crippen LogP contribution is -2.46. The van der Waals surface area contributed by atoms with Gasteiger partial charge in [-0.25, -0.2) is 14.0 Å². The van der Waals surface area contributed by atoms with Crippen LogP contribution in [0.4, 0.5) is 9.18 Å². The number of aliphatic carboxylic acids is 1. The Kier molecular flexibility index (Phi) is 5.71. The van der Waals surface area contributed by atoms with Crippen LogP contribution in [-0.2, 0) is 4.79 Å². The zero-order chi connectivity index (χ0) is 15.1. The van der Waals surface area contributed by atoms with Crippen molar-refractivity contribution in [1.82, 2.24) is 10.6 Å². The van der Waals surface area contributed by atoms with Gasteiger partial charge in [-0.3, -0.25) is 0 Å². The molecule has 0 bridgehead atoms. The van der Waals surface area contributed by atoms with Crippen LogP contribution in [0.3, 0.4) is 0 Å². The van der Waals surface area contributed by atoms with Crippen LogP contribution in [0.2, 0.25) is 0 Å². The van der Waals surface area contributed by atoms with Crippen molar-refractivity contribution in [2.75, 3.05) is 0 Å². The van der Waals surface area contributed by atoms with Crippen LogP contribution in [0.25, 0.3) is 0 Å². The molecule has 0 spiro atoms. The van der Waals surface area contributed by atoms with Crippen LogP contribution in [0, 0.1) is 5.82 Å². The van der Waals surface area contributed by atoms with Gasteiger partial charge in [-0.05, 0) is 19.4 Å². The van der Waals surface area contributed by atoms with Crippen LogP contribution in [-0.4, -0.2) is 23.1 Å². The summed E-state index contributed by atoms with van der Waals surface area (Å²) in [7, 11) is 0. The fraction of sp³-hybridized carbons (Fsp3) is 0.286. The predicted molar refractivity (Wildman–Crippen MR) is 72.7 cm³/mol. The molecule has 1 aromatic rings. The van der Waals surface area contributed by atoms with Crippen molar-refractivity contribution in [3.63, 3.8) is 0 Å². The fourth-order valence-electron chi connectivity index (χ4n) is 1.69. The molecule has 2 unspecified atom stereocenters. The lowest BCUT2D eigenvalue weighted by Gasteiger charge is -2.18. The van der Waals surface area contributed by atoms with Crippen molar-refractivity contribution in [2.45, 2.75) is 25.4 Å². The predicted octanol–water partition coefficient (Wildman–Crippen LogP) is 2.22. The first-order chi connectivity index (χ1) is 9.45. The van der Waals surface area contributed by atoms with Crippen molar-refractivity contribution in [2.24, 2.45) is 0 Å². The van der Waals surface area contributed by atoms with E-state index in [0.717, 1.165) is 0 Å². The number of carboxylic acids is 1.